The van der Waals surface area contributed by atoms with Crippen LogP contribution in [0.3, 0.4) is 0 Å². The van der Waals surface area contributed by atoms with E-state index in [1.165, 1.54) is 18.2 Å². The van der Waals surface area contributed by atoms with Gasteiger partial charge in [-0.3, -0.25) is 9.78 Å². The van der Waals surface area contributed by atoms with Gasteiger partial charge in [-0.05, 0) is 24.3 Å². The first-order valence-electron chi connectivity index (χ1n) is 6.29. The Hall–Kier alpha value is -2.43. The van der Waals surface area contributed by atoms with Crippen LogP contribution < -0.4 is 10.1 Å². The summed E-state index contributed by atoms with van der Waals surface area (Å²) in [6.45, 7) is 0.355. The van der Waals surface area contributed by atoms with E-state index in [9.17, 15) is 9.18 Å². The van der Waals surface area contributed by atoms with E-state index in [4.69, 9.17) is 4.74 Å². The number of carbonyl (C=O) groups excluding carboxylic acids is 1. The monoisotopic (exact) mass is 274 g/mol. The number of benzene rings is 1. The number of carbonyl (C=O) groups is 1. The van der Waals surface area contributed by atoms with Gasteiger partial charge in [0.15, 0.2) is 6.61 Å². The summed E-state index contributed by atoms with van der Waals surface area (Å²) in [5.41, 5.74) is 0.916. The fourth-order valence-electron chi connectivity index (χ4n) is 1.63. The quantitative estimate of drug-likeness (QED) is 0.876. The molecule has 1 N–H and O–H groups in total. The van der Waals surface area contributed by atoms with Gasteiger partial charge in [-0.15, -0.1) is 0 Å². The average Bonchev–Trinajstić information content (AvgIpc) is 2.46. The van der Waals surface area contributed by atoms with E-state index in [2.05, 4.69) is 10.3 Å². The molecule has 0 saturated carbocycles. The molecule has 104 valence electrons. The van der Waals surface area contributed by atoms with Crippen molar-refractivity contribution in [2.45, 2.75) is 6.42 Å². The topological polar surface area (TPSA) is 51.2 Å². The number of ether oxygens (including phenoxy) is 1. The molecule has 2 rings (SSSR count). The highest BCUT2D eigenvalue weighted by Crippen LogP contribution is 2.11. The van der Waals surface area contributed by atoms with Crippen molar-refractivity contribution >= 4 is 5.91 Å². The molecule has 1 amide bonds. The summed E-state index contributed by atoms with van der Waals surface area (Å²) in [6, 6.07) is 11.3. The number of rotatable bonds is 6. The Morgan fingerprint density at radius 1 is 1.25 bits per heavy atom. The standard InChI is InChI=1S/C15H15FN2O2/c16-12-4-3-6-14(10-12)20-11-15(19)18-9-7-13-5-1-2-8-17-13/h1-6,8,10H,7,9,11H2,(H,18,19). The Labute approximate surface area is 116 Å². The van der Waals surface area contributed by atoms with E-state index >= 15 is 0 Å². The van der Waals surface area contributed by atoms with Crippen LogP contribution in [0.1, 0.15) is 5.69 Å². The molecule has 5 heteroatoms. The van der Waals surface area contributed by atoms with Gasteiger partial charge in [-0.2, -0.15) is 0 Å². The number of nitrogens with zero attached hydrogens (tertiary/aromatic N) is 1. The zero-order valence-electron chi connectivity index (χ0n) is 10.9. The second-order valence-electron chi connectivity index (χ2n) is 4.17. The molecule has 1 aromatic heterocycles. The molecule has 0 radical (unpaired) electrons. The molecular weight excluding hydrogens is 259 g/mol. The Morgan fingerprint density at radius 2 is 2.15 bits per heavy atom. The summed E-state index contributed by atoms with van der Waals surface area (Å²) >= 11 is 0. The third kappa shape index (κ3) is 4.68. The van der Waals surface area contributed by atoms with Gasteiger partial charge < -0.3 is 10.1 Å². The van der Waals surface area contributed by atoms with E-state index in [-0.39, 0.29) is 12.5 Å². The maximum Gasteiger partial charge on any atom is 0.257 e. The van der Waals surface area contributed by atoms with Gasteiger partial charge in [0.05, 0.1) is 0 Å². The highest BCUT2D eigenvalue weighted by atomic mass is 19.1. The molecule has 0 atom stereocenters. The van der Waals surface area contributed by atoms with Crippen molar-refractivity contribution < 1.29 is 13.9 Å². The molecule has 2 aromatic rings. The van der Waals surface area contributed by atoms with Crippen molar-refractivity contribution in [3.8, 4) is 5.75 Å². The number of hydrogen-bond donors (Lipinski definition) is 1. The lowest BCUT2D eigenvalue weighted by Gasteiger charge is -2.07. The summed E-state index contributed by atoms with van der Waals surface area (Å²) < 4.78 is 18.1. The Bertz CT molecular complexity index is 561. The van der Waals surface area contributed by atoms with E-state index in [0.29, 0.717) is 18.7 Å². The molecule has 0 aliphatic rings. The first-order valence-corrected chi connectivity index (χ1v) is 6.29. The second-order valence-corrected chi connectivity index (χ2v) is 4.17. The lowest BCUT2D eigenvalue weighted by molar-refractivity contribution is -0.123. The van der Waals surface area contributed by atoms with Gasteiger partial charge in [0.1, 0.15) is 11.6 Å². The highest BCUT2D eigenvalue weighted by molar-refractivity contribution is 5.77. The smallest absolute Gasteiger partial charge is 0.257 e. The third-order valence-corrected chi connectivity index (χ3v) is 2.60. The number of pyridine rings is 1. The SMILES string of the molecule is O=C(COc1cccc(F)c1)NCCc1ccccn1. The third-order valence-electron chi connectivity index (χ3n) is 2.60. The lowest BCUT2D eigenvalue weighted by atomic mass is 10.3. The van der Waals surface area contributed by atoms with Gasteiger partial charge in [-0.1, -0.05) is 12.1 Å². The molecule has 0 spiro atoms. The van der Waals surface area contributed by atoms with E-state index < -0.39 is 5.82 Å². The molecule has 1 heterocycles. The van der Waals surface area contributed by atoms with Crippen LogP contribution in [0.15, 0.2) is 48.7 Å². The Morgan fingerprint density at radius 3 is 2.90 bits per heavy atom. The number of aromatic nitrogens is 1. The van der Waals surface area contributed by atoms with Crippen molar-refractivity contribution in [3.05, 3.63) is 60.2 Å². The van der Waals surface area contributed by atoms with Crippen LogP contribution in [0.2, 0.25) is 0 Å². The van der Waals surface area contributed by atoms with Crippen molar-refractivity contribution in [2.75, 3.05) is 13.2 Å². The van der Waals surface area contributed by atoms with Crippen LogP contribution in [-0.4, -0.2) is 24.0 Å². The molecule has 0 bridgehead atoms. The summed E-state index contributed by atoms with van der Waals surface area (Å²) in [5.74, 6) is -0.298. The molecule has 0 unspecified atom stereocenters. The fourth-order valence-corrected chi connectivity index (χ4v) is 1.63. The summed E-state index contributed by atoms with van der Waals surface area (Å²) in [7, 11) is 0. The van der Waals surface area contributed by atoms with Crippen molar-refractivity contribution in [1.29, 1.82) is 0 Å². The van der Waals surface area contributed by atoms with Crippen LogP contribution in [0, 0.1) is 5.82 Å². The predicted octanol–water partition coefficient (Wildman–Crippen LogP) is 1.96. The first kappa shape index (κ1) is 14.0. The van der Waals surface area contributed by atoms with Crippen molar-refractivity contribution in [2.24, 2.45) is 0 Å². The van der Waals surface area contributed by atoms with Gasteiger partial charge in [0.25, 0.3) is 5.91 Å². The Balaban J connectivity index is 1.68. The number of nitrogens with one attached hydrogen (secondary N) is 1. The summed E-state index contributed by atoms with van der Waals surface area (Å²) in [4.78, 5) is 15.7. The number of amides is 1. The van der Waals surface area contributed by atoms with Crippen LogP contribution in [0.25, 0.3) is 0 Å². The maximum atomic E-state index is 12.9. The molecule has 0 aliphatic heterocycles. The van der Waals surface area contributed by atoms with E-state index in [0.717, 1.165) is 5.69 Å². The first-order chi connectivity index (χ1) is 9.74. The minimum absolute atomic E-state index is 0.133. The van der Waals surface area contributed by atoms with Gasteiger partial charge in [-0.25, -0.2) is 4.39 Å². The summed E-state index contributed by atoms with van der Waals surface area (Å²) in [5, 5.41) is 2.72. The average molecular weight is 274 g/mol. The minimum Gasteiger partial charge on any atom is -0.484 e. The van der Waals surface area contributed by atoms with Gasteiger partial charge >= 0.3 is 0 Å². The molecule has 0 fully saturated rings. The zero-order chi connectivity index (χ0) is 14.2. The molecule has 20 heavy (non-hydrogen) atoms. The van der Waals surface area contributed by atoms with E-state index in [1.807, 2.05) is 18.2 Å². The van der Waals surface area contributed by atoms with Crippen molar-refractivity contribution in [3.63, 3.8) is 0 Å². The highest BCUT2D eigenvalue weighted by Gasteiger charge is 2.03. The zero-order valence-corrected chi connectivity index (χ0v) is 10.9. The van der Waals surface area contributed by atoms with Gasteiger partial charge in [0, 0.05) is 30.9 Å². The van der Waals surface area contributed by atoms with Crippen LogP contribution in [-0.2, 0) is 11.2 Å². The predicted molar refractivity (Wildman–Crippen MR) is 72.8 cm³/mol. The van der Waals surface area contributed by atoms with Crippen LogP contribution >= 0.6 is 0 Å². The summed E-state index contributed by atoms with van der Waals surface area (Å²) in [6.07, 6.45) is 2.37. The molecular formula is C15H15FN2O2. The lowest BCUT2D eigenvalue weighted by Crippen LogP contribution is -2.30. The van der Waals surface area contributed by atoms with Crippen molar-refractivity contribution in [1.82, 2.24) is 10.3 Å². The van der Waals surface area contributed by atoms with E-state index in [1.54, 1.807) is 12.3 Å². The normalized spacial score (nSPS) is 10.1. The van der Waals surface area contributed by atoms with Gasteiger partial charge in [0.2, 0.25) is 0 Å². The molecule has 4 nitrogen and oxygen atoms in total. The maximum absolute atomic E-state index is 12.9. The number of hydrogen-bond acceptors (Lipinski definition) is 3. The van der Waals surface area contributed by atoms with Crippen LogP contribution in [0.5, 0.6) is 5.75 Å². The molecule has 0 saturated heterocycles. The largest absolute Gasteiger partial charge is 0.484 e. The minimum atomic E-state index is -0.391. The van der Waals surface area contributed by atoms with Crippen LogP contribution in [0.4, 0.5) is 4.39 Å². The number of halogens is 1. The second kappa shape index (κ2) is 7.23. The Kier molecular flexibility index (Phi) is 5.06. The molecule has 0 aliphatic carbocycles. The molecule has 1 aromatic carbocycles. The fraction of sp³-hybridized carbons (Fsp3) is 0.200.